The van der Waals surface area contributed by atoms with Gasteiger partial charge >= 0.3 is 0 Å². The fraction of sp³-hybridized carbons (Fsp3) is 0.538. The zero-order valence-corrected chi connectivity index (χ0v) is 12.7. The molecule has 0 bridgehead atoms. The van der Waals surface area contributed by atoms with Gasteiger partial charge < -0.3 is 10.1 Å². The molecule has 0 saturated heterocycles. The fourth-order valence-electron chi connectivity index (χ4n) is 1.83. The fourth-order valence-corrected chi connectivity index (χ4v) is 2.97. The number of hydrogen-bond acceptors (Lipinski definition) is 3. The summed E-state index contributed by atoms with van der Waals surface area (Å²) in [7, 11) is 1.70. The van der Waals surface area contributed by atoms with Gasteiger partial charge in [-0.25, -0.2) is 0 Å². The molecule has 2 nitrogen and oxygen atoms in total. The molecule has 1 aliphatic rings. The van der Waals surface area contributed by atoms with Crippen LogP contribution in [-0.2, 0) is 6.54 Å². The second-order valence-corrected chi connectivity index (χ2v) is 6.58. The molecule has 17 heavy (non-hydrogen) atoms. The van der Waals surface area contributed by atoms with Crippen molar-refractivity contribution in [1.82, 2.24) is 5.32 Å². The maximum Gasteiger partial charge on any atom is 0.119 e. The first-order valence-corrected chi connectivity index (χ1v) is 7.79. The summed E-state index contributed by atoms with van der Waals surface area (Å²) in [6.07, 6.45) is 4.90. The van der Waals surface area contributed by atoms with E-state index in [2.05, 4.69) is 33.6 Å². The number of rotatable bonds is 6. The topological polar surface area (TPSA) is 21.3 Å². The Morgan fingerprint density at radius 3 is 2.82 bits per heavy atom. The highest BCUT2D eigenvalue weighted by Gasteiger charge is 2.41. The van der Waals surface area contributed by atoms with Gasteiger partial charge in [-0.15, -0.1) is 0 Å². The highest BCUT2D eigenvalue weighted by atomic mass is 79.9. The predicted octanol–water partition coefficient (Wildman–Crippen LogP) is 3.44. The van der Waals surface area contributed by atoms with E-state index >= 15 is 0 Å². The lowest BCUT2D eigenvalue weighted by Crippen LogP contribution is -2.25. The molecule has 1 fully saturated rings. The minimum absolute atomic E-state index is 0.519. The van der Waals surface area contributed by atoms with Gasteiger partial charge in [-0.05, 0) is 42.9 Å². The van der Waals surface area contributed by atoms with Crippen molar-refractivity contribution in [3.05, 3.63) is 28.2 Å². The maximum atomic E-state index is 5.24. The average Bonchev–Trinajstić information content (AvgIpc) is 3.12. The molecule has 0 heterocycles. The van der Waals surface area contributed by atoms with E-state index in [-0.39, 0.29) is 0 Å². The smallest absolute Gasteiger partial charge is 0.119 e. The molecule has 1 N–H and O–H groups in total. The van der Waals surface area contributed by atoms with Gasteiger partial charge in [-0.3, -0.25) is 0 Å². The van der Waals surface area contributed by atoms with E-state index in [0.717, 1.165) is 23.3 Å². The third-order valence-corrected chi connectivity index (χ3v) is 5.45. The molecule has 1 aromatic rings. The van der Waals surface area contributed by atoms with E-state index in [1.54, 1.807) is 7.11 Å². The van der Waals surface area contributed by atoms with Crippen LogP contribution in [-0.4, -0.2) is 24.7 Å². The maximum absolute atomic E-state index is 5.24. The number of halogens is 1. The van der Waals surface area contributed by atoms with Crippen LogP contribution in [0.5, 0.6) is 5.75 Å². The van der Waals surface area contributed by atoms with Crippen molar-refractivity contribution < 1.29 is 4.74 Å². The number of nitrogens with one attached hydrogen (secondary N) is 1. The van der Waals surface area contributed by atoms with E-state index in [9.17, 15) is 0 Å². The number of thioether (sulfide) groups is 1. The summed E-state index contributed by atoms with van der Waals surface area (Å²) in [6, 6.07) is 6.09. The highest BCUT2D eigenvalue weighted by molar-refractivity contribution is 9.10. The Morgan fingerprint density at radius 1 is 1.47 bits per heavy atom. The molecule has 1 aliphatic carbocycles. The zero-order valence-electron chi connectivity index (χ0n) is 10.3. The van der Waals surface area contributed by atoms with Crippen LogP contribution in [0.3, 0.4) is 0 Å². The van der Waals surface area contributed by atoms with Gasteiger partial charge in [0.05, 0.1) is 7.11 Å². The first-order valence-electron chi connectivity index (χ1n) is 5.77. The van der Waals surface area contributed by atoms with Crippen LogP contribution < -0.4 is 10.1 Å². The standard InChI is InChI=1S/C13H18BrNOS/c1-16-11-3-4-12(14)10(7-11)8-15-9-13(17-2)5-6-13/h3-4,7,15H,5-6,8-9H2,1-2H3. The van der Waals surface area contributed by atoms with Crippen LogP contribution in [0.15, 0.2) is 22.7 Å². The molecule has 1 saturated carbocycles. The van der Waals surface area contributed by atoms with E-state index in [1.807, 2.05) is 23.9 Å². The summed E-state index contributed by atoms with van der Waals surface area (Å²) in [4.78, 5) is 0. The normalized spacial score (nSPS) is 16.9. The predicted molar refractivity (Wildman–Crippen MR) is 77.9 cm³/mol. The quantitative estimate of drug-likeness (QED) is 0.869. The van der Waals surface area contributed by atoms with Gasteiger partial charge in [0.15, 0.2) is 0 Å². The van der Waals surface area contributed by atoms with Gasteiger partial charge in [0.2, 0.25) is 0 Å². The van der Waals surface area contributed by atoms with Crippen molar-refractivity contribution in [3.8, 4) is 5.75 Å². The van der Waals surface area contributed by atoms with E-state index < -0.39 is 0 Å². The minimum Gasteiger partial charge on any atom is -0.497 e. The van der Waals surface area contributed by atoms with Crippen molar-refractivity contribution >= 4 is 27.7 Å². The van der Waals surface area contributed by atoms with Crippen LogP contribution in [0.1, 0.15) is 18.4 Å². The molecule has 0 atom stereocenters. The van der Waals surface area contributed by atoms with Crippen LogP contribution in [0.2, 0.25) is 0 Å². The lowest BCUT2D eigenvalue weighted by molar-refractivity contribution is 0.414. The second kappa shape index (κ2) is 5.63. The lowest BCUT2D eigenvalue weighted by atomic mass is 10.2. The summed E-state index contributed by atoms with van der Waals surface area (Å²) >= 11 is 5.56. The molecule has 0 amide bonds. The van der Waals surface area contributed by atoms with Gasteiger partial charge in [0.25, 0.3) is 0 Å². The molecule has 2 rings (SSSR count). The zero-order chi connectivity index (χ0) is 12.3. The van der Waals surface area contributed by atoms with Crippen molar-refractivity contribution in [2.24, 2.45) is 0 Å². The average molecular weight is 316 g/mol. The van der Waals surface area contributed by atoms with Crippen molar-refractivity contribution in [2.45, 2.75) is 24.1 Å². The third-order valence-electron chi connectivity index (χ3n) is 3.26. The summed E-state index contributed by atoms with van der Waals surface area (Å²) < 4.78 is 6.90. The summed E-state index contributed by atoms with van der Waals surface area (Å²) in [5.74, 6) is 0.913. The number of hydrogen-bond donors (Lipinski definition) is 1. The Balaban J connectivity index is 1.89. The SMILES string of the molecule is COc1ccc(Br)c(CNCC2(SC)CC2)c1. The number of ether oxygens (including phenoxy) is 1. The molecule has 0 spiro atoms. The lowest BCUT2D eigenvalue weighted by Gasteiger charge is -2.14. The molecular weight excluding hydrogens is 298 g/mol. The van der Waals surface area contributed by atoms with Crippen LogP contribution >= 0.6 is 27.7 Å². The summed E-state index contributed by atoms with van der Waals surface area (Å²) in [5, 5.41) is 3.54. The molecule has 94 valence electrons. The van der Waals surface area contributed by atoms with Crippen LogP contribution in [0, 0.1) is 0 Å². The Labute approximate surface area is 116 Å². The monoisotopic (exact) mass is 315 g/mol. The highest BCUT2D eigenvalue weighted by Crippen LogP contribution is 2.46. The van der Waals surface area contributed by atoms with Gasteiger partial charge in [-0.2, -0.15) is 11.8 Å². The van der Waals surface area contributed by atoms with Crippen LogP contribution in [0.25, 0.3) is 0 Å². The first kappa shape index (κ1) is 13.2. The second-order valence-electron chi connectivity index (χ2n) is 4.45. The molecule has 0 unspecified atom stereocenters. The molecule has 0 aliphatic heterocycles. The number of methoxy groups -OCH3 is 1. The van der Waals surface area contributed by atoms with Gasteiger partial charge in [0.1, 0.15) is 5.75 Å². The molecule has 4 heteroatoms. The molecule has 0 radical (unpaired) electrons. The third kappa shape index (κ3) is 3.39. The minimum atomic E-state index is 0.519. The molecule has 1 aromatic carbocycles. The largest absolute Gasteiger partial charge is 0.497 e. The Morgan fingerprint density at radius 2 is 2.24 bits per heavy atom. The van der Waals surface area contributed by atoms with Gasteiger partial charge in [-0.1, -0.05) is 15.9 Å². The Kier molecular flexibility index (Phi) is 4.39. The Bertz CT molecular complexity index is 393. The van der Waals surface area contributed by atoms with Crippen molar-refractivity contribution in [1.29, 1.82) is 0 Å². The molecule has 0 aromatic heterocycles. The van der Waals surface area contributed by atoms with Gasteiger partial charge in [0, 0.05) is 22.3 Å². The summed E-state index contributed by atoms with van der Waals surface area (Å²) in [5.41, 5.74) is 1.25. The van der Waals surface area contributed by atoms with Crippen molar-refractivity contribution in [3.63, 3.8) is 0 Å². The Hall–Kier alpha value is -0.190. The van der Waals surface area contributed by atoms with E-state index in [0.29, 0.717) is 4.75 Å². The summed E-state index contributed by atoms with van der Waals surface area (Å²) in [6.45, 7) is 1.98. The van der Waals surface area contributed by atoms with Crippen molar-refractivity contribution in [2.75, 3.05) is 19.9 Å². The first-order chi connectivity index (χ1) is 8.19. The number of benzene rings is 1. The van der Waals surface area contributed by atoms with E-state index in [4.69, 9.17) is 4.74 Å². The molecular formula is C13H18BrNOS. The van der Waals surface area contributed by atoms with Crippen LogP contribution in [0.4, 0.5) is 0 Å². The van der Waals surface area contributed by atoms with E-state index in [1.165, 1.54) is 18.4 Å².